The number of fused-ring (bicyclic) bond motifs is 1. The van der Waals surface area contributed by atoms with Crippen LogP contribution < -0.4 is 5.56 Å². The minimum absolute atomic E-state index is 0.0103. The first-order valence-electron chi connectivity index (χ1n) is 8.26. The van der Waals surface area contributed by atoms with Crippen LogP contribution in [0.15, 0.2) is 34.2 Å². The van der Waals surface area contributed by atoms with E-state index in [1.807, 2.05) is 25.1 Å². The van der Waals surface area contributed by atoms with Crippen LogP contribution >= 0.6 is 11.8 Å². The second kappa shape index (κ2) is 6.05. The van der Waals surface area contributed by atoms with Gasteiger partial charge in [0, 0.05) is 12.5 Å². The van der Waals surface area contributed by atoms with E-state index in [4.69, 9.17) is 0 Å². The lowest BCUT2D eigenvalue weighted by Gasteiger charge is -2.12. The number of H-pyrrole nitrogens is 1. The van der Waals surface area contributed by atoms with Gasteiger partial charge in [-0.05, 0) is 38.8 Å². The van der Waals surface area contributed by atoms with Gasteiger partial charge in [-0.2, -0.15) is 0 Å². The molecule has 2 heterocycles. The third kappa shape index (κ3) is 2.73. The Hall–Kier alpha value is -2.15. The summed E-state index contributed by atoms with van der Waals surface area (Å²) in [6.45, 7) is 5.00. The van der Waals surface area contributed by atoms with Gasteiger partial charge in [-0.15, -0.1) is 10.2 Å². The molecule has 0 unspecified atom stereocenters. The number of para-hydroxylation sites is 1. The van der Waals surface area contributed by atoms with Crippen LogP contribution in [0.3, 0.4) is 0 Å². The van der Waals surface area contributed by atoms with Gasteiger partial charge in [0.25, 0.3) is 5.56 Å². The zero-order chi connectivity index (χ0) is 16.7. The molecule has 124 valence electrons. The van der Waals surface area contributed by atoms with Crippen LogP contribution in [0.1, 0.15) is 49.5 Å². The molecule has 1 atom stereocenters. The second-order valence-electron chi connectivity index (χ2n) is 6.09. The van der Waals surface area contributed by atoms with Gasteiger partial charge in [-0.1, -0.05) is 23.9 Å². The summed E-state index contributed by atoms with van der Waals surface area (Å²) in [5.41, 5.74) is 0.623. The Morgan fingerprint density at radius 2 is 2.12 bits per heavy atom. The fourth-order valence-electron chi connectivity index (χ4n) is 2.84. The first kappa shape index (κ1) is 15.4. The topological polar surface area (TPSA) is 76.5 Å². The van der Waals surface area contributed by atoms with Gasteiger partial charge in [0.15, 0.2) is 5.16 Å². The van der Waals surface area contributed by atoms with Gasteiger partial charge >= 0.3 is 0 Å². The maximum absolute atomic E-state index is 12.2. The zero-order valence-corrected chi connectivity index (χ0v) is 14.5. The first-order valence-corrected chi connectivity index (χ1v) is 9.14. The molecule has 3 aromatic rings. The number of benzene rings is 1. The van der Waals surface area contributed by atoms with Crippen molar-refractivity contribution in [2.45, 2.75) is 49.6 Å². The van der Waals surface area contributed by atoms with Crippen LogP contribution in [0.25, 0.3) is 10.9 Å². The van der Waals surface area contributed by atoms with Crippen molar-refractivity contribution in [2.75, 3.05) is 0 Å². The standard InChI is InChI=1S/C17H19N5OS/c1-3-22-15(11-8-9-11)20-21-17(22)24-10(2)14-18-13-7-5-4-6-12(13)16(23)19-14/h4-7,10-11H,3,8-9H2,1-2H3,(H,18,19,23)/t10-/m0/s1. The smallest absolute Gasteiger partial charge is 0.258 e. The number of nitrogens with zero attached hydrogens (tertiary/aromatic N) is 4. The quantitative estimate of drug-likeness (QED) is 0.721. The summed E-state index contributed by atoms with van der Waals surface area (Å²) in [4.78, 5) is 19.8. The molecular formula is C17H19N5OS. The third-order valence-electron chi connectivity index (χ3n) is 4.30. The molecule has 0 spiro atoms. The molecule has 0 saturated heterocycles. The van der Waals surface area contributed by atoms with Gasteiger partial charge < -0.3 is 9.55 Å². The van der Waals surface area contributed by atoms with Crippen molar-refractivity contribution < 1.29 is 0 Å². The predicted octanol–water partition coefficient (Wildman–Crippen LogP) is 3.27. The highest BCUT2D eigenvalue weighted by Crippen LogP contribution is 2.41. The van der Waals surface area contributed by atoms with Crippen LogP contribution in [0.2, 0.25) is 0 Å². The SMILES string of the molecule is CCn1c(S[C@@H](C)c2nc3ccccc3c(=O)[nH]2)nnc1C1CC1. The van der Waals surface area contributed by atoms with Gasteiger partial charge in [0.05, 0.1) is 16.2 Å². The van der Waals surface area contributed by atoms with Crippen LogP contribution in [0, 0.1) is 0 Å². The fourth-order valence-corrected chi connectivity index (χ4v) is 3.82. The average Bonchev–Trinajstić information content (AvgIpc) is 3.36. The molecule has 1 aromatic carbocycles. The first-order chi connectivity index (χ1) is 11.7. The molecule has 1 fully saturated rings. The van der Waals surface area contributed by atoms with Crippen molar-refractivity contribution in [3.63, 3.8) is 0 Å². The average molecular weight is 341 g/mol. The minimum Gasteiger partial charge on any atom is -0.309 e. The number of aromatic amines is 1. The van der Waals surface area contributed by atoms with Crippen molar-refractivity contribution in [1.82, 2.24) is 24.7 Å². The molecule has 7 heteroatoms. The largest absolute Gasteiger partial charge is 0.309 e. The summed E-state index contributed by atoms with van der Waals surface area (Å²) in [5.74, 6) is 2.33. The van der Waals surface area contributed by atoms with Crippen molar-refractivity contribution in [2.24, 2.45) is 0 Å². The molecule has 0 aliphatic heterocycles. The van der Waals surface area contributed by atoms with Crippen LogP contribution in [-0.4, -0.2) is 24.7 Å². The lowest BCUT2D eigenvalue weighted by molar-refractivity contribution is 0.642. The Labute approximate surface area is 143 Å². The summed E-state index contributed by atoms with van der Waals surface area (Å²) in [6, 6.07) is 7.40. The summed E-state index contributed by atoms with van der Waals surface area (Å²) in [7, 11) is 0. The summed E-state index contributed by atoms with van der Waals surface area (Å²) in [5, 5.41) is 10.2. The normalized spacial score (nSPS) is 15.8. The van der Waals surface area contributed by atoms with E-state index < -0.39 is 0 Å². The summed E-state index contributed by atoms with van der Waals surface area (Å²) in [6.07, 6.45) is 2.41. The Morgan fingerprint density at radius 3 is 2.88 bits per heavy atom. The van der Waals surface area contributed by atoms with Crippen molar-refractivity contribution in [1.29, 1.82) is 0 Å². The lowest BCUT2D eigenvalue weighted by Crippen LogP contribution is -2.13. The van der Waals surface area contributed by atoms with Gasteiger partial charge in [-0.3, -0.25) is 4.79 Å². The van der Waals surface area contributed by atoms with E-state index in [2.05, 4.69) is 31.7 Å². The summed E-state index contributed by atoms with van der Waals surface area (Å²) < 4.78 is 2.18. The Balaban J connectivity index is 1.65. The molecule has 6 nitrogen and oxygen atoms in total. The van der Waals surface area contributed by atoms with Gasteiger partial charge in [0.1, 0.15) is 11.6 Å². The maximum atomic E-state index is 12.2. The Kier molecular flexibility index (Phi) is 3.88. The predicted molar refractivity (Wildman–Crippen MR) is 94.3 cm³/mol. The fraction of sp³-hybridized carbons (Fsp3) is 0.412. The van der Waals surface area contributed by atoms with E-state index in [1.54, 1.807) is 17.8 Å². The van der Waals surface area contributed by atoms with Crippen LogP contribution in [0.5, 0.6) is 0 Å². The highest BCUT2D eigenvalue weighted by molar-refractivity contribution is 7.99. The molecule has 4 rings (SSSR count). The highest BCUT2D eigenvalue weighted by atomic mass is 32.2. The second-order valence-corrected chi connectivity index (χ2v) is 7.40. The van der Waals surface area contributed by atoms with Crippen molar-refractivity contribution in [3.8, 4) is 0 Å². The van der Waals surface area contributed by atoms with Crippen LogP contribution in [-0.2, 0) is 6.54 Å². The number of nitrogens with one attached hydrogen (secondary N) is 1. The Bertz CT molecular complexity index is 944. The lowest BCUT2D eigenvalue weighted by atomic mass is 10.2. The van der Waals surface area contributed by atoms with Gasteiger partial charge in [-0.25, -0.2) is 4.98 Å². The molecule has 0 amide bonds. The monoisotopic (exact) mass is 341 g/mol. The third-order valence-corrected chi connectivity index (χ3v) is 5.39. The molecule has 2 aromatic heterocycles. The van der Waals surface area contributed by atoms with E-state index in [-0.39, 0.29) is 10.8 Å². The van der Waals surface area contributed by atoms with E-state index in [0.29, 0.717) is 17.1 Å². The summed E-state index contributed by atoms with van der Waals surface area (Å²) >= 11 is 1.59. The number of rotatable bonds is 5. The molecule has 0 bridgehead atoms. The van der Waals surface area contributed by atoms with E-state index >= 15 is 0 Å². The highest BCUT2D eigenvalue weighted by Gasteiger charge is 2.30. The van der Waals surface area contributed by atoms with Crippen molar-refractivity contribution >= 4 is 22.7 Å². The minimum atomic E-state index is -0.0984. The van der Waals surface area contributed by atoms with Gasteiger partial charge in [0.2, 0.25) is 0 Å². The Morgan fingerprint density at radius 1 is 1.33 bits per heavy atom. The molecule has 1 aliphatic rings. The molecule has 0 radical (unpaired) electrons. The number of aromatic nitrogens is 5. The van der Waals surface area contributed by atoms with E-state index in [9.17, 15) is 4.79 Å². The molecule has 1 saturated carbocycles. The molecule has 1 N–H and O–H groups in total. The number of hydrogen-bond donors (Lipinski definition) is 1. The molecule has 1 aliphatic carbocycles. The van der Waals surface area contributed by atoms with E-state index in [1.165, 1.54) is 12.8 Å². The van der Waals surface area contributed by atoms with Crippen LogP contribution in [0.4, 0.5) is 0 Å². The zero-order valence-electron chi connectivity index (χ0n) is 13.7. The molecular weight excluding hydrogens is 322 g/mol. The maximum Gasteiger partial charge on any atom is 0.258 e. The van der Waals surface area contributed by atoms with Crippen molar-refractivity contribution in [3.05, 3.63) is 46.3 Å². The molecule has 24 heavy (non-hydrogen) atoms. The number of hydrogen-bond acceptors (Lipinski definition) is 5. The van der Waals surface area contributed by atoms with E-state index in [0.717, 1.165) is 23.0 Å². The number of thioether (sulfide) groups is 1.